The number of hydrogen-bond acceptors (Lipinski definition) is 0. The van der Waals surface area contributed by atoms with Crippen LogP contribution in [0.3, 0.4) is 0 Å². The van der Waals surface area contributed by atoms with E-state index in [1.807, 2.05) is 18.2 Å². The van der Waals surface area contributed by atoms with Crippen LogP contribution in [0.15, 0.2) is 42.5 Å². The molecule has 0 saturated carbocycles. The molecule has 0 heterocycles. The molecular formula is C18H18ClF3. The van der Waals surface area contributed by atoms with Crippen LogP contribution in [0.2, 0.25) is 5.02 Å². The summed E-state index contributed by atoms with van der Waals surface area (Å²) in [7, 11) is 0. The molecule has 0 fully saturated rings. The Bertz CT molecular complexity index is 624. The lowest BCUT2D eigenvalue weighted by Crippen LogP contribution is -2.20. The van der Waals surface area contributed by atoms with Crippen LogP contribution >= 0.6 is 11.6 Å². The molecule has 0 aliphatic heterocycles. The molecule has 0 nitrogen and oxygen atoms in total. The molecule has 2 rings (SSSR count). The number of rotatable bonds is 5. The Labute approximate surface area is 134 Å². The molecule has 0 aromatic heterocycles. The lowest BCUT2D eigenvalue weighted by Gasteiger charge is -2.16. The highest BCUT2D eigenvalue weighted by molar-refractivity contribution is 6.31. The molecule has 22 heavy (non-hydrogen) atoms. The minimum atomic E-state index is -4.25. The van der Waals surface area contributed by atoms with E-state index in [1.165, 1.54) is 12.2 Å². The lowest BCUT2D eigenvalue weighted by atomic mass is 9.96. The first-order chi connectivity index (χ1) is 10.3. The predicted octanol–water partition coefficient (Wildman–Crippen LogP) is 6.15. The highest BCUT2D eigenvalue weighted by Crippen LogP contribution is 2.33. The second-order valence-corrected chi connectivity index (χ2v) is 6.02. The van der Waals surface area contributed by atoms with Gasteiger partial charge in [-0.1, -0.05) is 41.5 Å². The summed E-state index contributed by atoms with van der Waals surface area (Å²) in [5.41, 5.74) is 3.79. The first kappa shape index (κ1) is 16.9. The van der Waals surface area contributed by atoms with Gasteiger partial charge in [0, 0.05) is 5.02 Å². The maximum atomic E-state index is 12.9. The predicted molar refractivity (Wildman–Crippen MR) is 86.0 cm³/mol. The molecule has 118 valence electrons. The summed E-state index contributed by atoms with van der Waals surface area (Å²) in [4.78, 5) is 0. The number of benzene rings is 1. The fraction of sp³-hybridized carbons (Fsp3) is 0.333. The van der Waals surface area contributed by atoms with E-state index >= 15 is 0 Å². The largest absolute Gasteiger partial charge is 0.395 e. The number of halogens is 4. The molecule has 1 aliphatic carbocycles. The first-order valence-corrected chi connectivity index (χ1v) is 7.51. The van der Waals surface area contributed by atoms with Gasteiger partial charge in [-0.2, -0.15) is 13.2 Å². The molecule has 1 aliphatic rings. The SMILES string of the molecule is C=CCC(/C=C(/C)Cc1cc2c(cc1Cl)CC=C2)C(F)(F)F. The summed E-state index contributed by atoms with van der Waals surface area (Å²) in [6.45, 7) is 5.11. The van der Waals surface area contributed by atoms with Gasteiger partial charge in [0.05, 0.1) is 5.92 Å². The smallest absolute Gasteiger partial charge is 0.170 e. The summed E-state index contributed by atoms with van der Waals surface area (Å²) in [5, 5.41) is 0.613. The van der Waals surface area contributed by atoms with Gasteiger partial charge in [0.25, 0.3) is 0 Å². The van der Waals surface area contributed by atoms with Gasteiger partial charge in [-0.15, -0.1) is 6.58 Å². The minimum Gasteiger partial charge on any atom is -0.170 e. The monoisotopic (exact) mass is 326 g/mol. The van der Waals surface area contributed by atoms with Crippen molar-refractivity contribution in [2.45, 2.75) is 32.4 Å². The summed E-state index contributed by atoms with van der Waals surface area (Å²) in [6, 6.07) is 3.87. The van der Waals surface area contributed by atoms with Crippen molar-refractivity contribution in [3.63, 3.8) is 0 Å². The van der Waals surface area contributed by atoms with E-state index in [1.54, 1.807) is 6.92 Å². The average Bonchev–Trinajstić information content (AvgIpc) is 2.84. The molecule has 0 saturated heterocycles. The Kier molecular flexibility index (Phi) is 5.17. The van der Waals surface area contributed by atoms with Crippen LogP contribution in [0.4, 0.5) is 13.2 Å². The third-order valence-corrected chi connectivity index (χ3v) is 4.09. The van der Waals surface area contributed by atoms with Gasteiger partial charge in [0.2, 0.25) is 0 Å². The third kappa shape index (κ3) is 4.04. The van der Waals surface area contributed by atoms with E-state index in [9.17, 15) is 13.2 Å². The zero-order valence-electron chi connectivity index (χ0n) is 12.4. The molecule has 0 radical (unpaired) electrons. The van der Waals surface area contributed by atoms with Crippen LogP contribution in [-0.2, 0) is 12.8 Å². The fourth-order valence-corrected chi connectivity index (χ4v) is 2.89. The summed E-state index contributed by atoms with van der Waals surface area (Å²) in [5.74, 6) is -1.49. The van der Waals surface area contributed by atoms with Crippen LogP contribution in [0.25, 0.3) is 6.08 Å². The van der Waals surface area contributed by atoms with Gasteiger partial charge in [0.15, 0.2) is 0 Å². The molecule has 1 aromatic carbocycles. The maximum Gasteiger partial charge on any atom is 0.395 e. The van der Waals surface area contributed by atoms with Gasteiger partial charge in [-0.3, -0.25) is 0 Å². The normalized spacial score (nSPS) is 15.8. The van der Waals surface area contributed by atoms with Gasteiger partial charge in [-0.25, -0.2) is 0 Å². The molecule has 1 atom stereocenters. The van der Waals surface area contributed by atoms with E-state index in [0.717, 1.165) is 23.1 Å². The standard InChI is InChI=1S/C18H18ClF3/c1-3-5-16(18(20,21)22)9-12(2)8-15-10-13-6-4-7-14(13)11-17(15)19/h3-4,6,9-11,16H,1,5,7-8H2,2H3/b12-9-. The molecule has 1 aromatic rings. The van der Waals surface area contributed by atoms with Crippen molar-refractivity contribution in [1.29, 1.82) is 0 Å². The van der Waals surface area contributed by atoms with Crippen molar-refractivity contribution >= 4 is 17.7 Å². The molecule has 0 bridgehead atoms. The lowest BCUT2D eigenvalue weighted by molar-refractivity contribution is -0.160. The maximum absolute atomic E-state index is 12.9. The Morgan fingerprint density at radius 2 is 2.14 bits per heavy atom. The Balaban J connectivity index is 2.20. The van der Waals surface area contributed by atoms with Crippen LogP contribution < -0.4 is 0 Å². The summed E-state index contributed by atoms with van der Waals surface area (Å²) < 4.78 is 38.8. The van der Waals surface area contributed by atoms with Gasteiger partial charge < -0.3 is 0 Å². The van der Waals surface area contributed by atoms with Gasteiger partial charge in [0.1, 0.15) is 0 Å². The quantitative estimate of drug-likeness (QED) is 0.569. The van der Waals surface area contributed by atoms with E-state index in [-0.39, 0.29) is 6.42 Å². The molecule has 0 amide bonds. The molecule has 1 unspecified atom stereocenters. The van der Waals surface area contributed by atoms with Crippen molar-refractivity contribution in [1.82, 2.24) is 0 Å². The van der Waals surface area contributed by atoms with Gasteiger partial charge >= 0.3 is 6.18 Å². The number of hydrogen-bond donors (Lipinski definition) is 0. The number of allylic oxidation sites excluding steroid dienone is 4. The first-order valence-electron chi connectivity index (χ1n) is 7.14. The minimum absolute atomic E-state index is 0.110. The highest BCUT2D eigenvalue weighted by Gasteiger charge is 2.36. The number of alkyl halides is 3. The van der Waals surface area contributed by atoms with Crippen LogP contribution in [-0.4, -0.2) is 6.18 Å². The average molecular weight is 327 g/mol. The van der Waals surface area contributed by atoms with Crippen molar-refractivity contribution in [3.8, 4) is 0 Å². The summed E-state index contributed by atoms with van der Waals surface area (Å²) >= 11 is 6.25. The topological polar surface area (TPSA) is 0 Å². The van der Waals surface area contributed by atoms with Crippen LogP contribution in [0, 0.1) is 5.92 Å². The second-order valence-electron chi connectivity index (χ2n) is 5.61. The Morgan fingerprint density at radius 1 is 1.41 bits per heavy atom. The van der Waals surface area contributed by atoms with Crippen LogP contribution in [0.1, 0.15) is 30.0 Å². The van der Waals surface area contributed by atoms with E-state index in [4.69, 9.17) is 11.6 Å². The zero-order valence-corrected chi connectivity index (χ0v) is 13.1. The van der Waals surface area contributed by atoms with Crippen LogP contribution in [0.5, 0.6) is 0 Å². The zero-order chi connectivity index (χ0) is 16.3. The van der Waals surface area contributed by atoms with Gasteiger partial charge in [-0.05, 0) is 55.0 Å². The molecular weight excluding hydrogens is 309 g/mol. The van der Waals surface area contributed by atoms with Crippen molar-refractivity contribution in [2.75, 3.05) is 0 Å². The third-order valence-electron chi connectivity index (χ3n) is 3.74. The summed E-state index contributed by atoms with van der Waals surface area (Å²) in [6.07, 6.45) is 3.57. The second kappa shape index (κ2) is 6.74. The van der Waals surface area contributed by atoms with Crippen molar-refractivity contribution in [2.24, 2.45) is 5.92 Å². The fourth-order valence-electron chi connectivity index (χ4n) is 2.64. The molecule has 0 spiro atoms. The number of fused-ring (bicyclic) bond motifs is 1. The van der Waals surface area contributed by atoms with E-state index in [0.29, 0.717) is 17.0 Å². The van der Waals surface area contributed by atoms with E-state index in [2.05, 4.69) is 12.7 Å². The molecule has 4 heteroatoms. The Morgan fingerprint density at radius 3 is 2.77 bits per heavy atom. The van der Waals surface area contributed by atoms with E-state index < -0.39 is 12.1 Å². The highest BCUT2D eigenvalue weighted by atomic mass is 35.5. The Hall–Kier alpha value is -1.48. The van der Waals surface area contributed by atoms with Crippen molar-refractivity contribution < 1.29 is 13.2 Å². The van der Waals surface area contributed by atoms with Crippen molar-refractivity contribution in [3.05, 3.63) is 64.2 Å². The molecule has 0 N–H and O–H groups in total.